The van der Waals surface area contributed by atoms with Crippen LogP contribution in [0.15, 0.2) is 12.1 Å². The van der Waals surface area contributed by atoms with Crippen molar-refractivity contribution in [3.8, 4) is 11.5 Å². The van der Waals surface area contributed by atoms with Crippen LogP contribution in [0, 0.1) is 5.82 Å². The molecule has 0 amide bonds. The van der Waals surface area contributed by atoms with Crippen molar-refractivity contribution in [1.82, 2.24) is 0 Å². The second-order valence-corrected chi connectivity index (χ2v) is 2.69. The first-order valence-corrected chi connectivity index (χ1v) is 4.39. The first kappa shape index (κ1) is 10.6. The third-order valence-electron chi connectivity index (χ3n) is 1.85. The van der Waals surface area contributed by atoms with E-state index in [4.69, 9.17) is 9.47 Å². The summed E-state index contributed by atoms with van der Waals surface area (Å²) in [6, 6.07) is 3.29. The fourth-order valence-corrected chi connectivity index (χ4v) is 1.22. The van der Waals surface area contributed by atoms with E-state index in [0.29, 0.717) is 18.0 Å². The third kappa shape index (κ3) is 1.89. The van der Waals surface area contributed by atoms with Crippen LogP contribution >= 0.6 is 0 Å². The zero-order chi connectivity index (χ0) is 10.6. The van der Waals surface area contributed by atoms with Gasteiger partial charge in [-0.1, -0.05) is 0 Å². The van der Waals surface area contributed by atoms with Crippen molar-refractivity contribution in [1.29, 1.82) is 0 Å². The minimum absolute atomic E-state index is 0.131. The van der Waals surface area contributed by atoms with E-state index in [2.05, 4.69) is 5.32 Å². The van der Waals surface area contributed by atoms with Crippen LogP contribution in [0.5, 0.6) is 11.5 Å². The van der Waals surface area contributed by atoms with Crippen LogP contribution in [-0.4, -0.2) is 20.8 Å². The lowest BCUT2D eigenvalue weighted by atomic mass is 10.2. The number of methoxy groups -OCH3 is 2. The van der Waals surface area contributed by atoms with Crippen LogP contribution in [0.25, 0.3) is 0 Å². The molecule has 0 aliphatic heterocycles. The van der Waals surface area contributed by atoms with Crippen molar-refractivity contribution in [2.45, 2.75) is 6.92 Å². The highest BCUT2D eigenvalue weighted by Crippen LogP contribution is 2.34. The molecule has 78 valence electrons. The average molecular weight is 199 g/mol. The smallest absolute Gasteiger partial charge is 0.198 e. The predicted molar refractivity (Wildman–Crippen MR) is 53.7 cm³/mol. The van der Waals surface area contributed by atoms with Crippen LogP contribution in [0.2, 0.25) is 0 Å². The molecule has 0 saturated heterocycles. The molecule has 1 rings (SSSR count). The Morgan fingerprint density at radius 2 is 2.00 bits per heavy atom. The molecular weight excluding hydrogens is 185 g/mol. The highest BCUT2D eigenvalue weighted by Gasteiger charge is 2.13. The molecule has 1 aromatic rings. The largest absolute Gasteiger partial charge is 0.493 e. The van der Waals surface area contributed by atoms with Crippen molar-refractivity contribution in [2.75, 3.05) is 26.1 Å². The van der Waals surface area contributed by atoms with Gasteiger partial charge in [0.05, 0.1) is 19.9 Å². The van der Waals surface area contributed by atoms with Crippen molar-refractivity contribution in [3.05, 3.63) is 17.9 Å². The molecule has 14 heavy (non-hydrogen) atoms. The Labute approximate surface area is 82.8 Å². The van der Waals surface area contributed by atoms with Crippen LogP contribution in [0.1, 0.15) is 6.92 Å². The monoisotopic (exact) mass is 199 g/mol. The lowest BCUT2D eigenvalue weighted by Crippen LogP contribution is -2.02. The molecule has 4 heteroatoms. The highest BCUT2D eigenvalue weighted by molar-refractivity contribution is 5.56. The van der Waals surface area contributed by atoms with Crippen LogP contribution in [0.4, 0.5) is 10.1 Å². The summed E-state index contributed by atoms with van der Waals surface area (Å²) in [5.41, 5.74) is 0.421. The van der Waals surface area contributed by atoms with E-state index >= 15 is 0 Å². The van der Waals surface area contributed by atoms with Crippen LogP contribution < -0.4 is 14.8 Å². The Bertz CT molecular complexity index is 315. The molecule has 0 bridgehead atoms. The molecule has 1 N–H and O–H groups in total. The maximum Gasteiger partial charge on any atom is 0.198 e. The highest BCUT2D eigenvalue weighted by atomic mass is 19.1. The zero-order valence-electron chi connectivity index (χ0n) is 8.56. The minimum Gasteiger partial charge on any atom is -0.493 e. The van der Waals surface area contributed by atoms with Gasteiger partial charge in [0, 0.05) is 6.54 Å². The van der Waals surface area contributed by atoms with Gasteiger partial charge in [0.1, 0.15) is 0 Å². The molecule has 3 nitrogen and oxygen atoms in total. The Morgan fingerprint density at radius 1 is 1.29 bits per heavy atom. The number of hydrogen-bond donors (Lipinski definition) is 1. The molecule has 1 aromatic carbocycles. The Hall–Kier alpha value is -1.45. The topological polar surface area (TPSA) is 30.5 Å². The van der Waals surface area contributed by atoms with E-state index in [9.17, 15) is 4.39 Å². The third-order valence-corrected chi connectivity index (χ3v) is 1.85. The zero-order valence-corrected chi connectivity index (χ0v) is 8.56. The van der Waals surface area contributed by atoms with Gasteiger partial charge in [-0.25, -0.2) is 4.39 Å². The van der Waals surface area contributed by atoms with Gasteiger partial charge in [0.25, 0.3) is 0 Å². The molecule has 0 atom stereocenters. The number of nitrogens with one attached hydrogen (secondary N) is 1. The number of halogens is 1. The van der Waals surface area contributed by atoms with Gasteiger partial charge in [-0.2, -0.15) is 0 Å². The first-order chi connectivity index (χ1) is 6.74. The summed E-state index contributed by atoms with van der Waals surface area (Å²) in [6.45, 7) is 2.56. The minimum atomic E-state index is -0.422. The maximum absolute atomic E-state index is 13.6. The Balaban J connectivity index is 3.13. The second kappa shape index (κ2) is 4.69. The van der Waals surface area contributed by atoms with Crippen molar-refractivity contribution >= 4 is 5.69 Å². The summed E-state index contributed by atoms with van der Waals surface area (Å²) in [4.78, 5) is 0. The summed E-state index contributed by atoms with van der Waals surface area (Å²) in [6.07, 6.45) is 0. The summed E-state index contributed by atoms with van der Waals surface area (Å²) in [5.74, 6) is 0.103. The van der Waals surface area contributed by atoms with Gasteiger partial charge in [-0.05, 0) is 19.1 Å². The van der Waals surface area contributed by atoms with Gasteiger partial charge in [-0.3, -0.25) is 0 Å². The van der Waals surface area contributed by atoms with Crippen LogP contribution in [-0.2, 0) is 0 Å². The summed E-state index contributed by atoms with van der Waals surface area (Å²) in [5, 5.41) is 2.89. The molecule has 0 aromatic heterocycles. The van der Waals surface area contributed by atoms with Gasteiger partial charge in [0.15, 0.2) is 17.3 Å². The quantitative estimate of drug-likeness (QED) is 0.806. The lowest BCUT2D eigenvalue weighted by molar-refractivity contribution is 0.338. The van der Waals surface area contributed by atoms with Crippen molar-refractivity contribution in [2.24, 2.45) is 0 Å². The molecule has 0 heterocycles. The lowest BCUT2D eigenvalue weighted by Gasteiger charge is -2.11. The number of benzene rings is 1. The van der Waals surface area contributed by atoms with E-state index in [1.54, 1.807) is 12.1 Å². The number of rotatable bonds is 4. The van der Waals surface area contributed by atoms with E-state index in [1.807, 2.05) is 6.92 Å². The second-order valence-electron chi connectivity index (χ2n) is 2.69. The Morgan fingerprint density at radius 3 is 2.50 bits per heavy atom. The standard InChI is InChI=1S/C10H14FNO2/c1-4-12-7-5-6-8(13-2)10(14-3)9(7)11/h5-6,12H,4H2,1-3H3. The van der Waals surface area contributed by atoms with Gasteiger partial charge in [-0.15, -0.1) is 0 Å². The van der Waals surface area contributed by atoms with Gasteiger partial charge < -0.3 is 14.8 Å². The number of anilines is 1. The fourth-order valence-electron chi connectivity index (χ4n) is 1.22. The molecular formula is C10H14FNO2. The number of hydrogen-bond acceptors (Lipinski definition) is 3. The summed E-state index contributed by atoms with van der Waals surface area (Å²) in [7, 11) is 2.89. The Kier molecular flexibility index (Phi) is 3.56. The van der Waals surface area contributed by atoms with E-state index in [0.717, 1.165) is 0 Å². The molecule has 0 spiro atoms. The van der Waals surface area contributed by atoms with E-state index < -0.39 is 5.82 Å². The van der Waals surface area contributed by atoms with Gasteiger partial charge >= 0.3 is 0 Å². The van der Waals surface area contributed by atoms with Crippen molar-refractivity contribution < 1.29 is 13.9 Å². The van der Waals surface area contributed by atoms with E-state index in [-0.39, 0.29) is 5.75 Å². The normalized spacial score (nSPS) is 9.71. The maximum atomic E-state index is 13.6. The molecule has 0 aliphatic carbocycles. The SMILES string of the molecule is CCNc1ccc(OC)c(OC)c1F. The predicted octanol–water partition coefficient (Wildman–Crippen LogP) is 2.27. The van der Waals surface area contributed by atoms with Gasteiger partial charge in [0.2, 0.25) is 0 Å². The molecule has 0 saturated carbocycles. The average Bonchev–Trinajstić information content (AvgIpc) is 2.21. The molecule has 0 radical (unpaired) electrons. The molecule has 0 unspecified atom stereocenters. The summed E-state index contributed by atoms with van der Waals surface area (Å²) >= 11 is 0. The first-order valence-electron chi connectivity index (χ1n) is 4.39. The van der Waals surface area contributed by atoms with Crippen molar-refractivity contribution in [3.63, 3.8) is 0 Å². The van der Waals surface area contributed by atoms with Crippen LogP contribution in [0.3, 0.4) is 0 Å². The summed E-state index contributed by atoms with van der Waals surface area (Å²) < 4.78 is 23.5. The molecule has 0 aliphatic rings. The fraction of sp³-hybridized carbons (Fsp3) is 0.400. The van der Waals surface area contributed by atoms with E-state index in [1.165, 1.54) is 14.2 Å². The molecule has 0 fully saturated rings. The number of ether oxygens (including phenoxy) is 2.